The zero-order valence-electron chi connectivity index (χ0n) is 11.1. The molecule has 2 heterocycles. The van der Waals surface area contributed by atoms with E-state index in [9.17, 15) is 18.0 Å². The maximum atomic E-state index is 12.9. The normalized spacial score (nSPS) is 23.8. The summed E-state index contributed by atoms with van der Waals surface area (Å²) in [4.78, 5) is 12.2. The number of carbonyl (C=O) groups is 1. The van der Waals surface area contributed by atoms with Gasteiger partial charge in [-0.2, -0.15) is 13.2 Å². The summed E-state index contributed by atoms with van der Waals surface area (Å²) in [6, 6.07) is -1.90. The molecule has 9 heteroatoms. The predicted molar refractivity (Wildman–Crippen MR) is 62.9 cm³/mol. The minimum atomic E-state index is -4.41. The van der Waals surface area contributed by atoms with Gasteiger partial charge in [-0.05, 0) is 12.8 Å². The molecule has 1 aromatic heterocycles. The fraction of sp³-hybridized carbons (Fsp3) is 0.727. The van der Waals surface area contributed by atoms with Crippen LogP contribution in [0.1, 0.15) is 25.7 Å². The maximum Gasteiger partial charge on any atom is 0.408 e. The number of nitrogens with zero attached hydrogens (tertiary/aromatic N) is 3. The first-order chi connectivity index (χ1) is 9.27. The van der Waals surface area contributed by atoms with Gasteiger partial charge in [-0.15, -0.1) is 5.10 Å². The highest BCUT2D eigenvalue weighted by Crippen LogP contribution is 2.32. The molecule has 0 spiro atoms. The van der Waals surface area contributed by atoms with E-state index in [0.717, 1.165) is 11.8 Å². The molecule has 0 aliphatic carbocycles. The van der Waals surface area contributed by atoms with Gasteiger partial charge in [-0.1, -0.05) is 5.10 Å². The summed E-state index contributed by atoms with van der Waals surface area (Å²) >= 11 is 0. The van der Waals surface area contributed by atoms with Crippen LogP contribution in [0.3, 0.4) is 0 Å². The SMILES string of the molecule is CC(=O)N1C[C@H](Nc2nnc(C)o2)CC[C@@H]1C(F)(F)F. The quantitative estimate of drug-likeness (QED) is 0.899. The number of aryl methyl sites for hydroxylation is 1. The Kier molecular flexibility index (Phi) is 3.87. The number of piperidine rings is 1. The van der Waals surface area contributed by atoms with Gasteiger partial charge in [-0.25, -0.2) is 0 Å². The van der Waals surface area contributed by atoms with Gasteiger partial charge in [0.15, 0.2) is 0 Å². The van der Waals surface area contributed by atoms with E-state index in [1.165, 1.54) is 0 Å². The monoisotopic (exact) mass is 292 g/mol. The van der Waals surface area contributed by atoms with E-state index in [4.69, 9.17) is 4.42 Å². The third kappa shape index (κ3) is 3.20. The molecule has 1 aliphatic rings. The number of carbonyl (C=O) groups excluding carboxylic acids is 1. The Morgan fingerprint density at radius 1 is 1.40 bits per heavy atom. The second-order valence-electron chi connectivity index (χ2n) is 4.77. The van der Waals surface area contributed by atoms with Crippen molar-refractivity contribution in [3.8, 4) is 0 Å². The minimum Gasteiger partial charge on any atom is -0.408 e. The third-order valence-corrected chi connectivity index (χ3v) is 3.22. The Morgan fingerprint density at radius 2 is 2.10 bits per heavy atom. The standard InChI is InChI=1S/C11H15F3N4O2/c1-6-16-17-10(20-6)15-8-3-4-9(11(12,13)14)18(5-8)7(2)19/h8-9H,3-5H2,1-2H3,(H,15,17)/t8-,9-/m1/s1. The number of hydrogen-bond donors (Lipinski definition) is 1. The molecule has 0 saturated carbocycles. The second kappa shape index (κ2) is 5.29. The average Bonchev–Trinajstić information content (AvgIpc) is 2.73. The maximum absolute atomic E-state index is 12.9. The number of amides is 1. The zero-order valence-corrected chi connectivity index (χ0v) is 11.1. The number of nitrogens with one attached hydrogen (secondary N) is 1. The fourth-order valence-corrected chi connectivity index (χ4v) is 2.31. The number of anilines is 1. The first kappa shape index (κ1) is 14.6. The van der Waals surface area contributed by atoms with Crippen LogP contribution in [-0.4, -0.2) is 45.8 Å². The van der Waals surface area contributed by atoms with Crippen molar-refractivity contribution in [2.75, 3.05) is 11.9 Å². The molecule has 0 aromatic carbocycles. The van der Waals surface area contributed by atoms with Crippen LogP contribution in [0.15, 0.2) is 4.42 Å². The van der Waals surface area contributed by atoms with Crippen molar-refractivity contribution in [1.82, 2.24) is 15.1 Å². The van der Waals surface area contributed by atoms with Crippen LogP contribution < -0.4 is 5.32 Å². The van der Waals surface area contributed by atoms with E-state index in [-0.39, 0.29) is 31.4 Å². The molecule has 1 saturated heterocycles. The number of hydrogen-bond acceptors (Lipinski definition) is 5. The second-order valence-corrected chi connectivity index (χ2v) is 4.77. The minimum absolute atomic E-state index is 0.0407. The van der Waals surface area contributed by atoms with E-state index in [2.05, 4.69) is 15.5 Å². The molecule has 2 atom stereocenters. The van der Waals surface area contributed by atoms with Crippen molar-refractivity contribution >= 4 is 11.9 Å². The summed E-state index contributed by atoms with van der Waals surface area (Å²) in [6.07, 6.45) is -4.28. The largest absolute Gasteiger partial charge is 0.408 e. The lowest BCUT2D eigenvalue weighted by atomic mass is 9.97. The third-order valence-electron chi connectivity index (χ3n) is 3.22. The van der Waals surface area contributed by atoms with Gasteiger partial charge in [0.2, 0.25) is 11.8 Å². The molecule has 6 nitrogen and oxygen atoms in total. The topological polar surface area (TPSA) is 71.3 Å². The molecule has 1 N–H and O–H groups in total. The van der Waals surface area contributed by atoms with Gasteiger partial charge < -0.3 is 14.6 Å². The highest BCUT2D eigenvalue weighted by molar-refractivity contribution is 5.74. The van der Waals surface area contributed by atoms with Gasteiger partial charge in [0, 0.05) is 26.4 Å². The molecule has 112 valence electrons. The summed E-state index contributed by atoms with van der Waals surface area (Å²) in [5.74, 6) is -0.236. The van der Waals surface area contributed by atoms with E-state index in [0.29, 0.717) is 5.89 Å². The Hall–Kier alpha value is -1.80. The number of aromatic nitrogens is 2. The molecule has 0 unspecified atom stereocenters. The van der Waals surface area contributed by atoms with Crippen molar-refractivity contribution in [3.05, 3.63) is 5.89 Å². The smallest absolute Gasteiger partial charge is 0.408 e. The van der Waals surface area contributed by atoms with Crippen molar-refractivity contribution in [2.45, 2.75) is 44.9 Å². The summed E-state index contributed by atoms with van der Waals surface area (Å²) in [7, 11) is 0. The van der Waals surface area contributed by atoms with Crippen molar-refractivity contribution in [2.24, 2.45) is 0 Å². The molecule has 0 radical (unpaired) electrons. The van der Waals surface area contributed by atoms with E-state index in [1.54, 1.807) is 6.92 Å². The summed E-state index contributed by atoms with van der Waals surface area (Å²) in [5.41, 5.74) is 0. The van der Waals surface area contributed by atoms with Crippen LogP contribution in [-0.2, 0) is 4.79 Å². The highest BCUT2D eigenvalue weighted by atomic mass is 19.4. The van der Waals surface area contributed by atoms with Gasteiger partial charge in [0.25, 0.3) is 0 Å². The molecule has 20 heavy (non-hydrogen) atoms. The lowest BCUT2D eigenvalue weighted by Gasteiger charge is -2.39. The summed E-state index contributed by atoms with van der Waals surface area (Å²) in [6.45, 7) is 2.71. The van der Waals surface area contributed by atoms with Gasteiger partial charge in [0.05, 0.1) is 0 Å². The van der Waals surface area contributed by atoms with Gasteiger partial charge in [0.1, 0.15) is 6.04 Å². The molecular weight excluding hydrogens is 277 g/mol. The van der Waals surface area contributed by atoms with E-state index < -0.39 is 18.1 Å². The van der Waals surface area contributed by atoms with Crippen LogP contribution in [0.25, 0.3) is 0 Å². The van der Waals surface area contributed by atoms with Crippen LogP contribution >= 0.6 is 0 Å². The molecule has 1 amide bonds. The number of rotatable bonds is 2. The molecule has 1 aromatic rings. The van der Waals surface area contributed by atoms with E-state index >= 15 is 0 Å². The predicted octanol–water partition coefficient (Wildman–Crippen LogP) is 1.73. The van der Waals surface area contributed by atoms with Crippen molar-refractivity contribution in [1.29, 1.82) is 0 Å². The Bertz CT molecular complexity index is 488. The van der Waals surface area contributed by atoms with Crippen LogP contribution in [0.5, 0.6) is 0 Å². The number of likely N-dealkylation sites (tertiary alicyclic amines) is 1. The molecular formula is C11H15F3N4O2. The average molecular weight is 292 g/mol. The lowest BCUT2D eigenvalue weighted by molar-refractivity contribution is -0.195. The zero-order chi connectivity index (χ0) is 14.9. The van der Waals surface area contributed by atoms with Crippen LogP contribution in [0.4, 0.5) is 19.2 Å². The van der Waals surface area contributed by atoms with Crippen LogP contribution in [0, 0.1) is 6.92 Å². The molecule has 2 rings (SSSR count). The molecule has 1 fully saturated rings. The first-order valence-corrected chi connectivity index (χ1v) is 6.18. The molecule has 1 aliphatic heterocycles. The first-order valence-electron chi connectivity index (χ1n) is 6.18. The number of alkyl halides is 3. The Balaban J connectivity index is 2.05. The van der Waals surface area contributed by atoms with Crippen LogP contribution in [0.2, 0.25) is 0 Å². The van der Waals surface area contributed by atoms with E-state index in [1.807, 2.05) is 0 Å². The fourth-order valence-electron chi connectivity index (χ4n) is 2.31. The summed E-state index contributed by atoms with van der Waals surface area (Å²) < 4.78 is 43.7. The van der Waals surface area contributed by atoms with Crippen molar-refractivity contribution < 1.29 is 22.4 Å². The number of halogens is 3. The lowest BCUT2D eigenvalue weighted by Crippen LogP contribution is -2.55. The molecule has 0 bridgehead atoms. The van der Waals surface area contributed by atoms with Gasteiger partial charge in [-0.3, -0.25) is 4.79 Å². The Labute approximate surface area is 113 Å². The highest BCUT2D eigenvalue weighted by Gasteiger charge is 2.47. The van der Waals surface area contributed by atoms with Gasteiger partial charge >= 0.3 is 12.2 Å². The van der Waals surface area contributed by atoms with Crippen molar-refractivity contribution in [3.63, 3.8) is 0 Å². The Morgan fingerprint density at radius 3 is 2.60 bits per heavy atom. The summed E-state index contributed by atoms with van der Waals surface area (Å²) in [5, 5.41) is 10.2.